The van der Waals surface area contributed by atoms with Crippen molar-refractivity contribution in [2.75, 3.05) is 6.61 Å². The minimum atomic E-state index is -1.69. The first-order valence-electron chi connectivity index (χ1n) is 19.2. The van der Waals surface area contributed by atoms with Crippen LogP contribution in [0.5, 0.6) is 0 Å². The predicted molar refractivity (Wildman–Crippen MR) is 183 cm³/mol. The van der Waals surface area contributed by atoms with Gasteiger partial charge in [-0.05, 0) is 80.8 Å². The van der Waals surface area contributed by atoms with Crippen LogP contribution in [0, 0.1) is 22.7 Å². The van der Waals surface area contributed by atoms with E-state index in [0.29, 0.717) is 44.9 Å². The lowest BCUT2D eigenvalue weighted by molar-refractivity contribution is -0.363. The van der Waals surface area contributed by atoms with Gasteiger partial charge in [-0.2, -0.15) is 0 Å². The molecule has 4 aliphatic carbocycles. The Bertz CT molecular complexity index is 1570. The average Bonchev–Trinajstić information content (AvgIpc) is 3.41. The van der Waals surface area contributed by atoms with Gasteiger partial charge < -0.3 is 69.0 Å². The van der Waals surface area contributed by atoms with E-state index in [2.05, 4.69) is 6.92 Å². The number of hydrogen-bond donors (Lipinski definition) is 8. The summed E-state index contributed by atoms with van der Waals surface area (Å²) in [6, 6.07) is 3.09. The van der Waals surface area contributed by atoms with Gasteiger partial charge in [-0.1, -0.05) is 13.8 Å². The molecule has 3 heterocycles. The van der Waals surface area contributed by atoms with E-state index in [0.717, 1.165) is 5.56 Å². The second-order valence-corrected chi connectivity index (χ2v) is 17.3. The summed E-state index contributed by atoms with van der Waals surface area (Å²) >= 11 is 0. The van der Waals surface area contributed by atoms with Crippen molar-refractivity contribution in [2.24, 2.45) is 22.7 Å². The molecule has 7 rings (SSSR count). The van der Waals surface area contributed by atoms with Gasteiger partial charge >= 0.3 is 11.6 Å². The molecule has 0 unspecified atom stereocenters. The lowest BCUT2D eigenvalue weighted by Gasteiger charge is -2.68. The third-order valence-electron chi connectivity index (χ3n) is 14.6. The van der Waals surface area contributed by atoms with Crippen molar-refractivity contribution in [3.05, 3.63) is 34.4 Å². The first-order chi connectivity index (χ1) is 25.4. The minimum absolute atomic E-state index is 0.000784. The zero-order valence-corrected chi connectivity index (χ0v) is 31.1. The van der Waals surface area contributed by atoms with E-state index in [1.165, 1.54) is 26.2 Å². The van der Waals surface area contributed by atoms with Crippen LogP contribution in [0.4, 0.5) is 0 Å². The van der Waals surface area contributed by atoms with Crippen LogP contribution in [0.15, 0.2) is 27.6 Å². The molecule has 1 aromatic rings. The molecule has 0 radical (unpaired) electrons. The normalized spacial score (nSPS) is 51.8. The van der Waals surface area contributed by atoms with Crippen molar-refractivity contribution in [2.45, 2.75) is 170 Å². The maximum absolute atomic E-state index is 12.9. The Balaban J connectivity index is 1.09. The smallest absolute Gasteiger partial charge is 0.335 e. The molecule has 1 aromatic heterocycles. The Morgan fingerprint density at radius 2 is 1.59 bits per heavy atom. The molecule has 6 fully saturated rings. The van der Waals surface area contributed by atoms with Crippen LogP contribution in [0.25, 0.3) is 0 Å². The number of hydrogen-bond acceptors (Lipinski definition) is 16. The van der Waals surface area contributed by atoms with E-state index in [-0.39, 0.29) is 24.2 Å². The fraction of sp³-hybridized carbons (Fsp3) is 0.842. The van der Waals surface area contributed by atoms with E-state index in [1.54, 1.807) is 6.07 Å². The van der Waals surface area contributed by atoms with Crippen molar-refractivity contribution in [1.82, 2.24) is 0 Å². The number of fused-ring (bicyclic) bond motifs is 5. The van der Waals surface area contributed by atoms with Gasteiger partial charge in [0, 0.05) is 30.7 Å². The second kappa shape index (κ2) is 14.4. The van der Waals surface area contributed by atoms with Gasteiger partial charge in [0.1, 0.15) is 54.4 Å². The summed E-state index contributed by atoms with van der Waals surface area (Å²) in [5.41, 5.74) is -4.19. The molecular weight excluding hydrogens is 712 g/mol. The largest absolute Gasteiger partial charge is 0.462 e. The Morgan fingerprint density at radius 3 is 2.26 bits per heavy atom. The highest BCUT2D eigenvalue weighted by Crippen LogP contribution is 2.72. The molecule has 8 N–H and O–H groups in total. The lowest BCUT2D eigenvalue weighted by atomic mass is 9.40. The number of ether oxygens (including phenoxy) is 5. The molecule has 6 aliphatic rings. The summed E-state index contributed by atoms with van der Waals surface area (Å²) in [7, 11) is 0. The molecule has 0 aromatic carbocycles. The van der Waals surface area contributed by atoms with E-state index in [1.807, 2.05) is 6.92 Å². The Hall–Kier alpha value is -2.06. The van der Waals surface area contributed by atoms with E-state index < -0.39 is 114 Å². The minimum Gasteiger partial charge on any atom is -0.462 e. The summed E-state index contributed by atoms with van der Waals surface area (Å²) in [5.74, 6) is -1.38. The van der Waals surface area contributed by atoms with Crippen LogP contribution in [0.2, 0.25) is 0 Å². The van der Waals surface area contributed by atoms with Crippen molar-refractivity contribution in [1.29, 1.82) is 0 Å². The molecule has 2 aliphatic heterocycles. The van der Waals surface area contributed by atoms with Crippen LogP contribution in [0.1, 0.15) is 90.5 Å². The van der Waals surface area contributed by atoms with Gasteiger partial charge in [0.05, 0.1) is 30.7 Å². The zero-order chi connectivity index (χ0) is 39.1. The number of rotatable bonds is 7. The van der Waals surface area contributed by atoms with Crippen molar-refractivity contribution < 1.29 is 73.7 Å². The molecule has 0 spiro atoms. The summed E-state index contributed by atoms with van der Waals surface area (Å²) in [6.07, 6.45) is -11.0. The molecule has 0 bridgehead atoms. The number of carbonyl (C=O) groups is 1. The third kappa shape index (κ3) is 6.20. The van der Waals surface area contributed by atoms with Crippen LogP contribution in [-0.2, 0) is 28.5 Å². The van der Waals surface area contributed by atoms with Gasteiger partial charge in [0.15, 0.2) is 12.6 Å². The van der Waals surface area contributed by atoms with Crippen molar-refractivity contribution in [3.8, 4) is 0 Å². The monoisotopic (exact) mass is 768 g/mol. The van der Waals surface area contributed by atoms with E-state index >= 15 is 0 Å². The number of carbonyl (C=O) groups excluding carboxylic acids is 1. The maximum atomic E-state index is 12.9. The Kier molecular flexibility index (Phi) is 10.7. The maximum Gasteiger partial charge on any atom is 0.335 e. The van der Waals surface area contributed by atoms with Gasteiger partial charge in [0.2, 0.25) is 0 Å². The molecule has 16 heteroatoms. The Labute approximate surface area is 312 Å². The van der Waals surface area contributed by atoms with Crippen LogP contribution < -0.4 is 5.63 Å². The molecule has 304 valence electrons. The van der Waals surface area contributed by atoms with Crippen LogP contribution >= 0.6 is 0 Å². The van der Waals surface area contributed by atoms with E-state index in [9.17, 15) is 50.4 Å². The van der Waals surface area contributed by atoms with Gasteiger partial charge in [-0.3, -0.25) is 4.79 Å². The zero-order valence-electron chi connectivity index (χ0n) is 31.1. The fourth-order valence-corrected chi connectivity index (χ4v) is 11.6. The van der Waals surface area contributed by atoms with Crippen LogP contribution in [0.3, 0.4) is 0 Å². The summed E-state index contributed by atoms with van der Waals surface area (Å²) in [6.45, 7) is 6.16. The topological polar surface area (TPSA) is 255 Å². The highest BCUT2D eigenvalue weighted by atomic mass is 16.7. The molecule has 19 atom stereocenters. The first kappa shape index (κ1) is 40.1. The number of esters is 1. The third-order valence-corrected chi connectivity index (χ3v) is 14.6. The average molecular weight is 769 g/mol. The first-order valence-corrected chi connectivity index (χ1v) is 19.2. The summed E-state index contributed by atoms with van der Waals surface area (Å²) < 4.78 is 34.6. The van der Waals surface area contributed by atoms with Crippen LogP contribution in [-0.4, -0.2) is 138 Å². The molecule has 4 saturated carbocycles. The standard InChI is InChI=1S/C38H56O16/c1-17-27(42)28(43)30(45)33(50-17)54-32-24(15-39)53-34(31(46)29(32)44)52-20-7-10-35(3)22(13-20)23(51-18(2)40)14-37(47)25(35)9-11-36(4)21(8-12-38(36,37)48)19-5-6-26(41)49-16-19/h5-6,16-17,20-25,27-34,39,42-48H,7-15H2,1-4H3/t17-,20-,21-,22+,23-,24-,25+,27+,28+,29+,30+,31+,32+,33-,34-,35+,36+,37-,38-/m0/s1. The molecule has 2 saturated heterocycles. The molecular formula is C38H56O16. The molecule has 54 heavy (non-hydrogen) atoms. The number of aliphatic hydroxyl groups is 8. The Morgan fingerprint density at radius 1 is 0.889 bits per heavy atom. The summed E-state index contributed by atoms with van der Waals surface area (Å²) in [5, 5.41) is 88.9. The quantitative estimate of drug-likeness (QED) is 0.129. The van der Waals surface area contributed by atoms with E-state index in [4.69, 9.17) is 28.1 Å². The van der Waals surface area contributed by atoms with Crippen molar-refractivity contribution >= 4 is 5.97 Å². The van der Waals surface area contributed by atoms with Crippen molar-refractivity contribution in [3.63, 3.8) is 0 Å². The lowest BCUT2D eigenvalue weighted by Crippen LogP contribution is -2.75. The highest BCUT2D eigenvalue weighted by Gasteiger charge is 2.75. The fourth-order valence-electron chi connectivity index (χ4n) is 11.6. The SMILES string of the molecule is CC(=O)O[C@H]1C[C@]2(O)[C@H](CC[C@]3(C)[C@H](c4ccc(=O)oc4)CC[C@]32O)[C@]2(C)CC[C@H](O[C@H]3O[C@@H](CO)[C@@H](O[C@@H]4O[C@@H](C)[C@@H](O)[C@@H](O)[C@H]4O)[C@H](O)[C@H]3O)C[C@H]12. The highest BCUT2D eigenvalue weighted by molar-refractivity contribution is 5.66. The van der Waals surface area contributed by atoms with Gasteiger partial charge in [-0.25, -0.2) is 4.79 Å². The number of aliphatic hydroxyl groups excluding tert-OH is 6. The predicted octanol–water partition coefficient (Wildman–Crippen LogP) is -0.426. The van der Waals surface area contributed by atoms with Gasteiger partial charge in [0.25, 0.3) is 0 Å². The molecule has 0 amide bonds. The summed E-state index contributed by atoms with van der Waals surface area (Å²) in [4.78, 5) is 24.3. The second-order valence-electron chi connectivity index (χ2n) is 17.3. The van der Waals surface area contributed by atoms with Gasteiger partial charge in [-0.15, -0.1) is 0 Å². The molecule has 16 nitrogen and oxygen atoms in total.